The van der Waals surface area contributed by atoms with Gasteiger partial charge < -0.3 is 10.6 Å². The Balaban J connectivity index is 3.33. The molecule has 0 aliphatic carbocycles. The number of nitrogens with zero attached hydrogens (tertiary/aromatic N) is 3. The van der Waals surface area contributed by atoms with Gasteiger partial charge in [0.25, 0.3) is 0 Å². The van der Waals surface area contributed by atoms with Gasteiger partial charge in [0, 0.05) is 6.54 Å². The standard InChI is InChI=1S/C12H17F3N4S/c1-4-5-19(6-12(13,14)15)11-9(10(16)20)7(2)8(3)17-18-11/h4-6H2,1-3H3,(H2,16,20). The molecule has 112 valence electrons. The van der Waals surface area contributed by atoms with Gasteiger partial charge in [-0.3, -0.25) is 0 Å². The Morgan fingerprint density at radius 2 is 1.90 bits per heavy atom. The summed E-state index contributed by atoms with van der Waals surface area (Å²) < 4.78 is 38.0. The van der Waals surface area contributed by atoms with Crippen molar-refractivity contribution in [3.05, 3.63) is 16.8 Å². The van der Waals surface area contributed by atoms with Gasteiger partial charge in [-0.25, -0.2) is 0 Å². The summed E-state index contributed by atoms with van der Waals surface area (Å²) in [5.74, 6) is 0.0970. The average Bonchev–Trinajstić information content (AvgIpc) is 2.29. The topological polar surface area (TPSA) is 55.0 Å². The highest BCUT2D eigenvalue weighted by Gasteiger charge is 2.32. The summed E-state index contributed by atoms with van der Waals surface area (Å²) in [6, 6.07) is 0. The van der Waals surface area contributed by atoms with Crippen molar-refractivity contribution in [3.8, 4) is 0 Å². The summed E-state index contributed by atoms with van der Waals surface area (Å²) in [6.45, 7) is 4.32. The van der Waals surface area contributed by atoms with E-state index in [1.165, 1.54) is 0 Å². The lowest BCUT2D eigenvalue weighted by Gasteiger charge is -2.26. The second-order valence-corrected chi connectivity index (χ2v) is 4.95. The molecule has 0 atom stereocenters. The molecular formula is C12H17F3N4S. The molecule has 0 spiro atoms. The van der Waals surface area contributed by atoms with Crippen LogP contribution in [0.2, 0.25) is 0 Å². The third-order valence-corrected chi connectivity index (χ3v) is 3.05. The minimum absolute atomic E-state index is 0.0266. The summed E-state index contributed by atoms with van der Waals surface area (Å²) in [7, 11) is 0. The predicted octanol–water partition coefficient (Wildman–Crippen LogP) is 2.51. The molecule has 0 bridgehead atoms. The first-order valence-electron chi connectivity index (χ1n) is 6.12. The summed E-state index contributed by atoms with van der Waals surface area (Å²) in [4.78, 5) is 1.15. The Hall–Kier alpha value is -1.44. The fourth-order valence-electron chi connectivity index (χ4n) is 1.86. The van der Waals surface area contributed by atoms with Gasteiger partial charge in [-0.1, -0.05) is 19.1 Å². The van der Waals surface area contributed by atoms with Crippen LogP contribution in [0.5, 0.6) is 0 Å². The molecule has 0 unspecified atom stereocenters. The van der Waals surface area contributed by atoms with E-state index in [1.54, 1.807) is 20.8 Å². The lowest BCUT2D eigenvalue weighted by Crippen LogP contribution is -2.37. The predicted molar refractivity (Wildman–Crippen MR) is 76.0 cm³/mol. The van der Waals surface area contributed by atoms with Crippen LogP contribution in [-0.4, -0.2) is 34.5 Å². The number of aromatic nitrogens is 2. The Bertz CT molecular complexity index is 502. The molecule has 4 nitrogen and oxygen atoms in total. The van der Waals surface area contributed by atoms with Crippen molar-refractivity contribution in [2.24, 2.45) is 5.73 Å². The van der Waals surface area contributed by atoms with Crippen LogP contribution < -0.4 is 10.6 Å². The van der Waals surface area contributed by atoms with Gasteiger partial charge >= 0.3 is 6.18 Å². The highest BCUT2D eigenvalue weighted by atomic mass is 32.1. The fraction of sp³-hybridized carbons (Fsp3) is 0.583. The van der Waals surface area contributed by atoms with Crippen LogP contribution in [-0.2, 0) is 0 Å². The normalized spacial score (nSPS) is 11.5. The zero-order valence-corrected chi connectivity index (χ0v) is 12.4. The molecule has 0 aliphatic heterocycles. The maximum Gasteiger partial charge on any atom is 0.405 e. The SMILES string of the molecule is CCCN(CC(F)(F)F)c1nnc(C)c(C)c1C(N)=S. The molecule has 0 fully saturated rings. The van der Waals surface area contributed by atoms with Gasteiger partial charge in [-0.15, -0.1) is 5.10 Å². The number of hydrogen-bond donors (Lipinski definition) is 1. The number of hydrogen-bond acceptors (Lipinski definition) is 4. The van der Waals surface area contributed by atoms with E-state index >= 15 is 0 Å². The minimum Gasteiger partial charge on any atom is -0.389 e. The van der Waals surface area contributed by atoms with Crippen LogP contribution in [0.4, 0.5) is 19.0 Å². The van der Waals surface area contributed by atoms with Crippen LogP contribution >= 0.6 is 12.2 Å². The van der Waals surface area contributed by atoms with Crippen molar-refractivity contribution < 1.29 is 13.2 Å². The molecule has 8 heteroatoms. The lowest BCUT2D eigenvalue weighted by atomic mass is 10.1. The molecule has 1 aromatic rings. The Morgan fingerprint density at radius 3 is 2.35 bits per heavy atom. The van der Waals surface area contributed by atoms with Gasteiger partial charge in [0.1, 0.15) is 11.5 Å². The number of nitrogens with two attached hydrogens (primary N) is 1. The Morgan fingerprint density at radius 1 is 1.30 bits per heavy atom. The van der Waals surface area contributed by atoms with Gasteiger partial charge in [0.15, 0.2) is 5.82 Å². The van der Waals surface area contributed by atoms with Crippen molar-refractivity contribution >= 4 is 23.0 Å². The average molecular weight is 306 g/mol. The van der Waals surface area contributed by atoms with E-state index in [0.717, 1.165) is 4.90 Å². The second-order valence-electron chi connectivity index (χ2n) is 4.51. The summed E-state index contributed by atoms with van der Waals surface area (Å²) in [5.41, 5.74) is 7.26. The molecule has 20 heavy (non-hydrogen) atoms. The minimum atomic E-state index is -4.33. The van der Waals surface area contributed by atoms with Gasteiger partial charge in [-0.05, 0) is 25.8 Å². The Kier molecular flexibility index (Phi) is 5.27. The zero-order valence-electron chi connectivity index (χ0n) is 11.6. The van der Waals surface area contributed by atoms with Gasteiger partial charge in [-0.2, -0.15) is 18.3 Å². The van der Waals surface area contributed by atoms with Crippen LogP contribution in [0, 0.1) is 13.8 Å². The summed E-state index contributed by atoms with van der Waals surface area (Å²) >= 11 is 4.94. The number of thiocarbonyl (C=S) groups is 1. The van der Waals surface area contributed by atoms with Crippen LogP contribution in [0.3, 0.4) is 0 Å². The van der Waals surface area contributed by atoms with Crippen LogP contribution in [0.25, 0.3) is 0 Å². The fourth-order valence-corrected chi connectivity index (χ4v) is 2.10. The smallest absolute Gasteiger partial charge is 0.389 e. The van der Waals surface area contributed by atoms with E-state index in [-0.39, 0.29) is 17.4 Å². The monoisotopic (exact) mass is 306 g/mol. The molecule has 0 saturated carbocycles. The number of alkyl halides is 3. The van der Waals surface area contributed by atoms with Crippen molar-refractivity contribution in [1.82, 2.24) is 10.2 Å². The molecule has 0 radical (unpaired) electrons. The quantitative estimate of drug-likeness (QED) is 0.847. The van der Waals surface area contributed by atoms with E-state index in [0.29, 0.717) is 23.2 Å². The van der Waals surface area contributed by atoms with Gasteiger partial charge in [0.2, 0.25) is 0 Å². The lowest BCUT2D eigenvalue weighted by molar-refractivity contribution is -0.119. The maximum atomic E-state index is 12.7. The van der Waals surface area contributed by atoms with E-state index in [4.69, 9.17) is 18.0 Å². The third-order valence-electron chi connectivity index (χ3n) is 2.85. The number of rotatable bonds is 5. The zero-order chi connectivity index (χ0) is 15.5. The molecule has 1 aromatic heterocycles. The first-order chi connectivity index (χ1) is 9.17. The van der Waals surface area contributed by atoms with Crippen molar-refractivity contribution in [3.63, 3.8) is 0 Å². The largest absolute Gasteiger partial charge is 0.405 e. The van der Waals surface area contributed by atoms with E-state index in [1.807, 2.05) is 0 Å². The second kappa shape index (κ2) is 6.34. The van der Waals surface area contributed by atoms with E-state index in [9.17, 15) is 13.2 Å². The number of aryl methyl sites for hydroxylation is 1. The molecule has 2 N–H and O–H groups in total. The van der Waals surface area contributed by atoms with Crippen molar-refractivity contribution in [1.29, 1.82) is 0 Å². The number of halogens is 3. The van der Waals surface area contributed by atoms with E-state index < -0.39 is 12.7 Å². The van der Waals surface area contributed by atoms with Crippen molar-refractivity contribution in [2.45, 2.75) is 33.4 Å². The van der Waals surface area contributed by atoms with Crippen molar-refractivity contribution in [2.75, 3.05) is 18.0 Å². The summed E-state index contributed by atoms with van der Waals surface area (Å²) in [6.07, 6.45) is -3.79. The first kappa shape index (κ1) is 16.6. The highest BCUT2D eigenvalue weighted by molar-refractivity contribution is 7.80. The third kappa shape index (κ3) is 4.03. The highest BCUT2D eigenvalue weighted by Crippen LogP contribution is 2.26. The first-order valence-corrected chi connectivity index (χ1v) is 6.53. The molecule has 0 amide bonds. The molecule has 1 rings (SSSR count). The molecular weight excluding hydrogens is 289 g/mol. The van der Waals surface area contributed by atoms with Crippen LogP contribution in [0.1, 0.15) is 30.2 Å². The molecule has 0 aliphatic rings. The van der Waals surface area contributed by atoms with Crippen LogP contribution in [0.15, 0.2) is 0 Å². The Labute approximate surface area is 121 Å². The van der Waals surface area contributed by atoms with Gasteiger partial charge in [0.05, 0.1) is 11.3 Å². The summed E-state index contributed by atoms with van der Waals surface area (Å²) in [5, 5.41) is 7.75. The maximum absolute atomic E-state index is 12.7. The van der Waals surface area contributed by atoms with E-state index in [2.05, 4.69) is 10.2 Å². The molecule has 1 heterocycles. The molecule has 0 aromatic carbocycles. The number of anilines is 1. The molecule has 0 saturated heterocycles.